The second kappa shape index (κ2) is 7.56. The molecule has 3 rings (SSSR count). The molecular formula is C22H23IN2. The summed E-state index contributed by atoms with van der Waals surface area (Å²) in [6, 6.07) is 17.0. The number of aliphatic imine (C=N–C) groups is 1. The van der Waals surface area contributed by atoms with E-state index in [1.807, 2.05) is 18.3 Å². The molecule has 0 aliphatic heterocycles. The van der Waals surface area contributed by atoms with Gasteiger partial charge in [-0.1, -0.05) is 31.2 Å². The Morgan fingerprint density at radius 1 is 1.04 bits per heavy atom. The standard InChI is InChI=1S/C22H23IN2/c1-5-18-9-6-8-15(2)22(18)25-16(3)12-19(17(25)4)14-24-21-11-7-10-20(23)13-21/h6-14H,5H2,1-4H3. The minimum Gasteiger partial charge on any atom is -0.317 e. The van der Waals surface area contributed by atoms with Crippen LogP contribution in [0, 0.1) is 24.3 Å². The van der Waals surface area contributed by atoms with Gasteiger partial charge in [0.2, 0.25) is 0 Å². The zero-order valence-corrected chi connectivity index (χ0v) is 17.3. The molecule has 0 radical (unpaired) electrons. The summed E-state index contributed by atoms with van der Waals surface area (Å²) in [5, 5.41) is 0. The summed E-state index contributed by atoms with van der Waals surface area (Å²) in [7, 11) is 0. The molecule has 0 fully saturated rings. The van der Waals surface area contributed by atoms with Gasteiger partial charge >= 0.3 is 0 Å². The average Bonchev–Trinajstić information content (AvgIpc) is 2.87. The van der Waals surface area contributed by atoms with Crippen molar-refractivity contribution in [3.05, 3.63) is 80.2 Å². The van der Waals surface area contributed by atoms with Crippen molar-refractivity contribution in [2.75, 3.05) is 0 Å². The molecule has 3 heteroatoms. The molecule has 2 nitrogen and oxygen atoms in total. The maximum Gasteiger partial charge on any atom is 0.0640 e. The lowest BCUT2D eigenvalue weighted by Gasteiger charge is -2.17. The molecule has 0 N–H and O–H groups in total. The highest BCUT2D eigenvalue weighted by Gasteiger charge is 2.14. The molecular weight excluding hydrogens is 419 g/mol. The third kappa shape index (κ3) is 3.71. The van der Waals surface area contributed by atoms with Gasteiger partial charge in [0.05, 0.1) is 11.4 Å². The lowest BCUT2D eigenvalue weighted by Crippen LogP contribution is -2.05. The molecule has 128 valence electrons. The van der Waals surface area contributed by atoms with E-state index in [-0.39, 0.29) is 0 Å². The van der Waals surface area contributed by atoms with Gasteiger partial charge in [-0.05, 0) is 85.2 Å². The number of benzene rings is 2. The number of hydrogen-bond donors (Lipinski definition) is 0. The Bertz CT molecular complexity index is 935. The molecule has 0 amide bonds. The predicted molar refractivity (Wildman–Crippen MR) is 116 cm³/mol. The van der Waals surface area contributed by atoms with Crippen molar-refractivity contribution in [1.82, 2.24) is 4.57 Å². The van der Waals surface area contributed by atoms with Crippen LogP contribution in [0.2, 0.25) is 0 Å². The Kier molecular flexibility index (Phi) is 5.42. The first-order valence-electron chi connectivity index (χ1n) is 8.58. The monoisotopic (exact) mass is 442 g/mol. The lowest BCUT2D eigenvalue weighted by molar-refractivity contribution is 0.926. The van der Waals surface area contributed by atoms with Gasteiger partial charge in [-0.3, -0.25) is 4.99 Å². The molecule has 0 saturated heterocycles. The van der Waals surface area contributed by atoms with Crippen LogP contribution in [0.25, 0.3) is 5.69 Å². The van der Waals surface area contributed by atoms with E-state index in [0.29, 0.717) is 0 Å². The molecule has 0 aliphatic rings. The molecule has 2 aromatic carbocycles. The number of para-hydroxylation sites is 1. The average molecular weight is 442 g/mol. The molecule has 3 aromatic rings. The van der Waals surface area contributed by atoms with E-state index < -0.39 is 0 Å². The van der Waals surface area contributed by atoms with Gasteiger partial charge < -0.3 is 4.57 Å². The molecule has 0 unspecified atom stereocenters. The van der Waals surface area contributed by atoms with Crippen LogP contribution in [-0.2, 0) is 6.42 Å². The Morgan fingerprint density at radius 2 is 1.80 bits per heavy atom. The molecule has 1 heterocycles. The van der Waals surface area contributed by atoms with E-state index in [9.17, 15) is 0 Å². The largest absolute Gasteiger partial charge is 0.317 e. The number of hydrogen-bond acceptors (Lipinski definition) is 1. The summed E-state index contributed by atoms with van der Waals surface area (Å²) in [5.41, 5.74) is 8.63. The summed E-state index contributed by atoms with van der Waals surface area (Å²) < 4.78 is 3.56. The van der Waals surface area contributed by atoms with Crippen molar-refractivity contribution in [3.8, 4) is 5.69 Å². The highest BCUT2D eigenvalue weighted by atomic mass is 127. The number of nitrogens with zero attached hydrogens (tertiary/aromatic N) is 2. The first-order chi connectivity index (χ1) is 12.0. The van der Waals surface area contributed by atoms with E-state index in [4.69, 9.17) is 0 Å². The first kappa shape index (κ1) is 17.9. The van der Waals surface area contributed by atoms with Crippen LogP contribution in [0.1, 0.15) is 35.0 Å². The Morgan fingerprint density at radius 3 is 2.52 bits per heavy atom. The van der Waals surface area contributed by atoms with Crippen LogP contribution in [0.5, 0.6) is 0 Å². The highest BCUT2D eigenvalue weighted by Crippen LogP contribution is 2.26. The smallest absolute Gasteiger partial charge is 0.0640 e. The van der Waals surface area contributed by atoms with E-state index >= 15 is 0 Å². The summed E-state index contributed by atoms with van der Waals surface area (Å²) in [4.78, 5) is 4.67. The number of halogens is 1. The molecule has 1 aromatic heterocycles. The first-order valence-corrected chi connectivity index (χ1v) is 9.66. The normalized spacial score (nSPS) is 11.4. The second-order valence-corrected chi connectivity index (χ2v) is 7.58. The number of aryl methyl sites for hydroxylation is 3. The SMILES string of the molecule is CCc1cccc(C)c1-n1c(C)cc(C=Nc2cccc(I)c2)c1C. The van der Waals surface area contributed by atoms with Crippen molar-refractivity contribution >= 4 is 34.5 Å². The van der Waals surface area contributed by atoms with E-state index in [2.05, 4.69) is 96.2 Å². The summed E-state index contributed by atoms with van der Waals surface area (Å²) >= 11 is 2.32. The number of aromatic nitrogens is 1. The molecule has 0 atom stereocenters. The Hall–Kier alpha value is -1.88. The quantitative estimate of drug-likeness (QED) is 0.332. The molecule has 0 saturated carbocycles. The minimum atomic E-state index is 0.988. The van der Waals surface area contributed by atoms with Crippen molar-refractivity contribution in [3.63, 3.8) is 0 Å². The second-order valence-electron chi connectivity index (χ2n) is 6.34. The minimum absolute atomic E-state index is 0.988. The fraction of sp³-hybridized carbons (Fsp3) is 0.227. The zero-order valence-electron chi connectivity index (χ0n) is 15.2. The molecule has 25 heavy (non-hydrogen) atoms. The summed E-state index contributed by atoms with van der Waals surface area (Å²) in [5.74, 6) is 0. The van der Waals surface area contributed by atoms with Crippen molar-refractivity contribution in [2.45, 2.75) is 34.1 Å². The maximum absolute atomic E-state index is 4.67. The third-order valence-corrected chi connectivity index (χ3v) is 5.23. The summed E-state index contributed by atoms with van der Waals surface area (Å²) in [6.07, 6.45) is 3.01. The highest BCUT2D eigenvalue weighted by molar-refractivity contribution is 14.1. The van der Waals surface area contributed by atoms with Crippen LogP contribution in [0.3, 0.4) is 0 Å². The van der Waals surface area contributed by atoms with Gasteiger partial charge in [-0.2, -0.15) is 0 Å². The molecule has 0 spiro atoms. The fourth-order valence-electron chi connectivity index (χ4n) is 3.29. The van der Waals surface area contributed by atoms with E-state index in [1.54, 1.807) is 0 Å². The van der Waals surface area contributed by atoms with Crippen molar-refractivity contribution in [2.24, 2.45) is 4.99 Å². The van der Waals surface area contributed by atoms with E-state index in [1.165, 1.54) is 37.3 Å². The summed E-state index contributed by atoms with van der Waals surface area (Å²) in [6.45, 7) is 8.75. The predicted octanol–water partition coefficient (Wildman–Crippen LogP) is 6.32. The zero-order chi connectivity index (χ0) is 18.0. The Balaban J connectivity index is 2.06. The van der Waals surface area contributed by atoms with Crippen molar-refractivity contribution < 1.29 is 0 Å². The van der Waals surface area contributed by atoms with Gasteiger partial charge in [-0.15, -0.1) is 0 Å². The molecule has 0 bridgehead atoms. The van der Waals surface area contributed by atoms with Gasteiger partial charge in [0, 0.05) is 26.7 Å². The maximum atomic E-state index is 4.67. The Labute approximate surface area is 163 Å². The van der Waals surface area contributed by atoms with Gasteiger partial charge in [0.25, 0.3) is 0 Å². The van der Waals surface area contributed by atoms with Gasteiger partial charge in [0.1, 0.15) is 0 Å². The lowest BCUT2D eigenvalue weighted by atomic mass is 10.1. The van der Waals surface area contributed by atoms with Crippen LogP contribution < -0.4 is 0 Å². The fourth-order valence-corrected chi connectivity index (χ4v) is 3.81. The molecule has 0 aliphatic carbocycles. The number of rotatable bonds is 4. The topological polar surface area (TPSA) is 17.3 Å². The van der Waals surface area contributed by atoms with E-state index in [0.717, 1.165) is 12.1 Å². The van der Waals surface area contributed by atoms with Crippen LogP contribution in [-0.4, -0.2) is 10.8 Å². The van der Waals surface area contributed by atoms with Gasteiger partial charge in [0.15, 0.2) is 0 Å². The van der Waals surface area contributed by atoms with Crippen LogP contribution in [0.15, 0.2) is 53.5 Å². The van der Waals surface area contributed by atoms with Crippen molar-refractivity contribution in [1.29, 1.82) is 0 Å². The van der Waals surface area contributed by atoms with Crippen LogP contribution in [0.4, 0.5) is 5.69 Å². The third-order valence-electron chi connectivity index (χ3n) is 4.56. The van der Waals surface area contributed by atoms with Gasteiger partial charge in [-0.25, -0.2) is 0 Å². The van der Waals surface area contributed by atoms with Crippen LogP contribution >= 0.6 is 22.6 Å².